The first-order chi connectivity index (χ1) is 4.63. The van der Waals surface area contributed by atoms with E-state index in [9.17, 15) is 9.59 Å². The largest absolute Gasteiger partial charge is 0.331 e. The predicted octanol–water partition coefficient (Wildman–Crippen LogP) is -0.270. The Morgan fingerprint density at radius 1 is 1.00 bits per heavy atom. The minimum absolute atomic E-state index is 0.165. The van der Waals surface area contributed by atoms with Crippen molar-refractivity contribution >= 4 is 11.8 Å². The van der Waals surface area contributed by atoms with Crippen molar-refractivity contribution in [2.24, 2.45) is 0 Å². The minimum atomic E-state index is -0.165. The maximum Gasteiger partial charge on any atom is 0.220 e. The zero-order valence-electron chi connectivity index (χ0n) is 5.97. The van der Waals surface area contributed by atoms with Gasteiger partial charge in [0, 0.05) is 26.2 Å². The molecule has 0 saturated heterocycles. The van der Waals surface area contributed by atoms with Gasteiger partial charge < -0.3 is 10.6 Å². The van der Waals surface area contributed by atoms with Crippen LogP contribution in [0.25, 0.3) is 0 Å². The second-order valence-corrected chi connectivity index (χ2v) is 1.73. The van der Waals surface area contributed by atoms with Crippen LogP contribution in [0.5, 0.6) is 0 Å². The number of hydrogen-bond acceptors (Lipinski definition) is 2. The lowest BCUT2D eigenvalue weighted by atomic mass is 10.6. The number of carbonyl (C=O) groups excluding carboxylic acids is 2. The second-order valence-electron chi connectivity index (χ2n) is 1.73. The molecule has 0 aromatic heterocycles. The Kier molecular flexibility index (Phi) is 3.95. The first-order valence-electron chi connectivity index (χ1n) is 2.82. The molecule has 0 atom stereocenters. The molecule has 0 aliphatic rings. The van der Waals surface area contributed by atoms with Crippen LogP contribution >= 0.6 is 0 Å². The monoisotopic (exact) mass is 142 g/mol. The van der Waals surface area contributed by atoms with Gasteiger partial charge in [-0.2, -0.15) is 0 Å². The van der Waals surface area contributed by atoms with Crippen molar-refractivity contribution in [3.8, 4) is 0 Å². The van der Waals surface area contributed by atoms with Gasteiger partial charge in [-0.1, -0.05) is 0 Å². The zero-order valence-corrected chi connectivity index (χ0v) is 5.97. The van der Waals surface area contributed by atoms with Crippen LogP contribution in [0.15, 0.2) is 12.4 Å². The fraction of sp³-hybridized carbons (Fsp3) is 0.333. The van der Waals surface area contributed by atoms with E-state index in [4.69, 9.17) is 0 Å². The number of hydrogen-bond donors (Lipinski definition) is 2. The summed E-state index contributed by atoms with van der Waals surface area (Å²) in [6.45, 7) is 2.77. The maximum absolute atomic E-state index is 10.2. The summed E-state index contributed by atoms with van der Waals surface area (Å²) in [6.07, 6.45) is 2.73. The summed E-state index contributed by atoms with van der Waals surface area (Å²) < 4.78 is 0. The van der Waals surface area contributed by atoms with Gasteiger partial charge in [0.1, 0.15) is 0 Å². The molecule has 0 aromatic rings. The first kappa shape index (κ1) is 8.68. The molecule has 0 saturated carbocycles. The third-order valence-corrected chi connectivity index (χ3v) is 0.657. The lowest BCUT2D eigenvalue weighted by Crippen LogP contribution is -2.16. The molecule has 0 aliphatic carbocycles. The van der Waals surface area contributed by atoms with Gasteiger partial charge >= 0.3 is 0 Å². The number of nitrogens with one attached hydrogen (secondary N) is 2. The molecule has 0 rings (SSSR count). The first-order valence-corrected chi connectivity index (χ1v) is 2.82. The summed E-state index contributed by atoms with van der Waals surface area (Å²) >= 11 is 0. The second kappa shape index (κ2) is 4.55. The van der Waals surface area contributed by atoms with E-state index in [1.165, 1.54) is 26.2 Å². The molecular formula is C6H10N2O2. The highest BCUT2D eigenvalue weighted by atomic mass is 16.2. The van der Waals surface area contributed by atoms with E-state index in [0.717, 1.165) is 0 Å². The highest BCUT2D eigenvalue weighted by Crippen LogP contribution is 1.64. The Balaban J connectivity index is 3.38. The zero-order chi connectivity index (χ0) is 7.98. The molecule has 10 heavy (non-hydrogen) atoms. The van der Waals surface area contributed by atoms with Crippen molar-refractivity contribution in [1.82, 2.24) is 10.6 Å². The molecule has 0 bridgehead atoms. The summed E-state index contributed by atoms with van der Waals surface area (Å²) in [7, 11) is 0. The molecule has 0 aliphatic heterocycles. The molecule has 0 aromatic carbocycles. The molecule has 4 heteroatoms. The number of carbonyl (C=O) groups is 2. The van der Waals surface area contributed by atoms with Gasteiger partial charge in [-0.25, -0.2) is 0 Å². The summed E-state index contributed by atoms with van der Waals surface area (Å²) in [5.41, 5.74) is 0. The molecule has 0 heterocycles. The van der Waals surface area contributed by atoms with Gasteiger partial charge in [-0.05, 0) is 0 Å². The van der Waals surface area contributed by atoms with Crippen molar-refractivity contribution in [3.63, 3.8) is 0 Å². The lowest BCUT2D eigenvalue weighted by molar-refractivity contribution is -0.119. The maximum atomic E-state index is 10.2. The van der Waals surface area contributed by atoms with Gasteiger partial charge in [-0.15, -0.1) is 0 Å². The van der Waals surface area contributed by atoms with E-state index in [2.05, 4.69) is 10.6 Å². The van der Waals surface area contributed by atoms with E-state index in [1.807, 2.05) is 0 Å². The highest BCUT2D eigenvalue weighted by Gasteiger charge is 1.83. The van der Waals surface area contributed by atoms with E-state index in [0.29, 0.717) is 0 Å². The summed E-state index contributed by atoms with van der Waals surface area (Å²) in [4.78, 5) is 20.4. The van der Waals surface area contributed by atoms with Crippen LogP contribution in [0, 0.1) is 0 Å². The molecule has 0 fully saturated rings. The van der Waals surface area contributed by atoms with E-state index >= 15 is 0 Å². The van der Waals surface area contributed by atoms with Gasteiger partial charge in [-0.3, -0.25) is 9.59 Å². The van der Waals surface area contributed by atoms with Crippen LogP contribution in [-0.4, -0.2) is 11.8 Å². The van der Waals surface area contributed by atoms with Crippen molar-refractivity contribution < 1.29 is 9.59 Å². The Morgan fingerprint density at radius 3 is 1.50 bits per heavy atom. The Bertz CT molecular complexity index is 145. The fourth-order valence-corrected chi connectivity index (χ4v) is 0.318. The van der Waals surface area contributed by atoms with Crippen molar-refractivity contribution in [1.29, 1.82) is 0 Å². The van der Waals surface area contributed by atoms with Gasteiger partial charge in [0.25, 0.3) is 0 Å². The normalized spacial score (nSPS) is 9.40. The van der Waals surface area contributed by atoms with E-state index in [1.54, 1.807) is 0 Å². The van der Waals surface area contributed by atoms with Crippen LogP contribution < -0.4 is 10.6 Å². The third kappa shape index (κ3) is 6.68. The number of amides is 2. The smallest absolute Gasteiger partial charge is 0.220 e. The van der Waals surface area contributed by atoms with Crippen molar-refractivity contribution in [2.45, 2.75) is 13.8 Å². The molecule has 0 spiro atoms. The standard InChI is InChI=1S/C6H10N2O2/c1-5(9)7-3-4-8-6(2)10/h3-4H,1-2H3,(H,7,9)(H,8,10)/b4-3+. The van der Waals surface area contributed by atoms with Crippen molar-refractivity contribution in [2.75, 3.05) is 0 Å². The molecule has 0 radical (unpaired) electrons. The Labute approximate surface area is 59.3 Å². The van der Waals surface area contributed by atoms with Crippen LogP contribution in [0.2, 0.25) is 0 Å². The fourth-order valence-electron chi connectivity index (χ4n) is 0.318. The average Bonchev–Trinajstić information content (AvgIpc) is 1.79. The topological polar surface area (TPSA) is 58.2 Å². The average molecular weight is 142 g/mol. The van der Waals surface area contributed by atoms with Crippen LogP contribution in [-0.2, 0) is 9.59 Å². The molecule has 2 amide bonds. The molecule has 0 unspecified atom stereocenters. The Morgan fingerprint density at radius 2 is 1.30 bits per heavy atom. The van der Waals surface area contributed by atoms with Crippen LogP contribution in [0.1, 0.15) is 13.8 Å². The van der Waals surface area contributed by atoms with Crippen LogP contribution in [0.4, 0.5) is 0 Å². The van der Waals surface area contributed by atoms with Gasteiger partial charge in [0.05, 0.1) is 0 Å². The Hall–Kier alpha value is -1.32. The van der Waals surface area contributed by atoms with E-state index in [-0.39, 0.29) is 11.8 Å². The molecule has 4 nitrogen and oxygen atoms in total. The number of rotatable bonds is 2. The SMILES string of the molecule is CC(=O)N/C=C/NC(C)=O. The summed E-state index contributed by atoms with van der Waals surface area (Å²) in [6, 6.07) is 0. The molecular weight excluding hydrogens is 132 g/mol. The van der Waals surface area contributed by atoms with Crippen molar-refractivity contribution in [3.05, 3.63) is 12.4 Å². The lowest BCUT2D eigenvalue weighted by Gasteiger charge is -1.91. The summed E-state index contributed by atoms with van der Waals surface area (Å²) in [5, 5.41) is 4.73. The van der Waals surface area contributed by atoms with Gasteiger partial charge in [0.15, 0.2) is 0 Å². The minimum Gasteiger partial charge on any atom is -0.331 e. The third-order valence-electron chi connectivity index (χ3n) is 0.657. The summed E-state index contributed by atoms with van der Waals surface area (Å²) in [5.74, 6) is -0.330. The van der Waals surface area contributed by atoms with E-state index < -0.39 is 0 Å². The van der Waals surface area contributed by atoms with Gasteiger partial charge in [0.2, 0.25) is 11.8 Å². The molecule has 2 N–H and O–H groups in total. The molecule has 56 valence electrons. The predicted molar refractivity (Wildman–Crippen MR) is 36.8 cm³/mol. The highest BCUT2D eigenvalue weighted by molar-refractivity contribution is 5.75. The van der Waals surface area contributed by atoms with Crippen LogP contribution in [0.3, 0.4) is 0 Å². The quantitative estimate of drug-likeness (QED) is 0.557.